The highest BCUT2D eigenvalue weighted by molar-refractivity contribution is 5.00. The number of ether oxygens (including phenoxy) is 1. The van der Waals surface area contributed by atoms with Gasteiger partial charge in [-0.3, -0.25) is 0 Å². The van der Waals surface area contributed by atoms with Crippen molar-refractivity contribution in [3.63, 3.8) is 0 Å². The zero-order valence-electron chi connectivity index (χ0n) is 8.26. The van der Waals surface area contributed by atoms with Crippen molar-refractivity contribution in [2.45, 2.75) is 19.4 Å². The summed E-state index contributed by atoms with van der Waals surface area (Å²) in [5, 5.41) is 3.07. The van der Waals surface area contributed by atoms with Gasteiger partial charge < -0.3 is 15.0 Å². The van der Waals surface area contributed by atoms with Crippen molar-refractivity contribution in [2.75, 3.05) is 20.8 Å². The third kappa shape index (κ3) is 3.57. The van der Waals surface area contributed by atoms with Crippen LogP contribution in [0.2, 0.25) is 0 Å². The zero-order chi connectivity index (χ0) is 9.52. The van der Waals surface area contributed by atoms with Gasteiger partial charge in [-0.2, -0.15) is 0 Å². The van der Waals surface area contributed by atoms with Gasteiger partial charge >= 0.3 is 0 Å². The molecule has 1 aromatic heterocycles. The summed E-state index contributed by atoms with van der Waals surface area (Å²) in [6.45, 7) is 1.64. The quantitative estimate of drug-likeness (QED) is 0.638. The number of aromatic amines is 1. The Labute approximate surface area is 78.7 Å². The van der Waals surface area contributed by atoms with E-state index in [1.807, 2.05) is 13.2 Å². The number of methoxy groups -OCH3 is 1. The Bertz CT molecular complexity index is 235. The highest BCUT2D eigenvalue weighted by Crippen LogP contribution is 1.99. The molecule has 0 aliphatic carbocycles. The highest BCUT2D eigenvalue weighted by Gasteiger charge is 1.98. The van der Waals surface area contributed by atoms with Crippen molar-refractivity contribution in [3.8, 4) is 0 Å². The lowest BCUT2D eigenvalue weighted by Crippen LogP contribution is -2.05. The molecule has 1 heterocycles. The van der Waals surface area contributed by atoms with Gasteiger partial charge in [-0.25, -0.2) is 4.98 Å². The predicted octanol–water partition coefficient (Wildman–Crippen LogP) is 0.708. The molecule has 0 aliphatic heterocycles. The van der Waals surface area contributed by atoms with Crippen LogP contribution < -0.4 is 5.32 Å². The van der Waals surface area contributed by atoms with Crippen molar-refractivity contribution in [1.82, 2.24) is 15.3 Å². The van der Waals surface area contributed by atoms with Crippen LogP contribution in [0.5, 0.6) is 0 Å². The molecule has 0 saturated carbocycles. The summed E-state index contributed by atoms with van der Waals surface area (Å²) in [7, 11) is 3.64. The molecule has 1 rings (SSSR count). The molecule has 0 atom stereocenters. The molecule has 4 nitrogen and oxygen atoms in total. The van der Waals surface area contributed by atoms with Gasteiger partial charge in [-0.05, 0) is 13.5 Å². The van der Waals surface area contributed by atoms with Crippen LogP contribution in [0.15, 0.2) is 6.20 Å². The van der Waals surface area contributed by atoms with Crippen molar-refractivity contribution >= 4 is 0 Å². The molecule has 0 spiro atoms. The summed E-state index contributed by atoms with van der Waals surface area (Å²) in [5.41, 5.74) is 1.13. The maximum atomic E-state index is 4.96. The number of imidazole rings is 1. The molecule has 4 heteroatoms. The van der Waals surface area contributed by atoms with E-state index in [0.717, 1.165) is 37.5 Å². The van der Waals surface area contributed by atoms with E-state index in [0.29, 0.717) is 0 Å². The van der Waals surface area contributed by atoms with E-state index in [1.165, 1.54) is 0 Å². The van der Waals surface area contributed by atoms with Gasteiger partial charge in [-0.1, -0.05) is 0 Å². The summed E-state index contributed by atoms with van der Waals surface area (Å²) in [6, 6.07) is 0. The van der Waals surface area contributed by atoms with Crippen molar-refractivity contribution in [1.29, 1.82) is 0 Å². The molecule has 0 unspecified atom stereocenters. The Kier molecular flexibility index (Phi) is 4.49. The maximum Gasteiger partial charge on any atom is 0.106 e. The highest BCUT2D eigenvalue weighted by atomic mass is 16.5. The fourth-order valence-corrected chi connectivity index (χ4v) is 1.20. The second kappa shape index (κ2) is 5.72. The van der Waals surface area contributed by atoms with E-state index in [-0.39, 0.29) is 0 Å². The van der Waals surface area contributed by atoms with E-state index < -0.39 is 0 Å². The average molecular weight is 183 g/mol. The molecule has 0 fully saturated rings. The standard InChI is InChI=1S/C9H17N3O/c1-10-6-8-7-11-9(12-8)4-3-5-13-2/h7,10H,3-6H2,1-2H3,(H,11,12). The molecule has 0 bridgehead atoms. The van der Waals surface area contributed by atoms with Crippen LogP contribution in [0.3, 0.4) is 0 Å². The normalized spacial score (nSPS) is 10.6. The van der Waals surface area contributed by atoms with Crippen LogP contribution in [0.25, 0.3) is 0 Å². The van der Waals surface area contributed by atoms with Gasteiger partial charge in [0.25, 0.3) is 0 Å². The lowest BCUT2D eigenvalue weighted by atomic mass is 10.3. The Morgan fingerprint density at radius 3 is 3.15 bits per heavy atom. The van der Waals surface area contributed by atoms with Crippen molar-refractivity contribution < 1.29 is 4.74 Å². The van der Waals surface area contributed by atoms with Crippen LogP contribution in [0.4, 0.5) is 0 Å². The van der Waals surface area contributed by atoms with Gasteiger partial charge in [0.1, 0.15) is 5.82 Å². The second-order valence-electron chi connectivity index (χ2n) is 2.98. The first-order valence-corrected chi connectivity index (χ1v) is 4.53. The fraction of sp³-hybridized carbons (Fsp3) is 0.667. The third-order valence-electron chi connectivity index (χ3n) is 1.81. The van der Waals surface area contributed by atoms with E-state index >= 15 is 0 Å². The summed E-state index contributed by atoms with van der Waals surface area (Å²) < 4.78 is 4.96. The van der Waals surface area contributed by atoms with E-state index in [2.05, 4.69) is 15.3 Å². The number of rotatable bonds is 6. The fourth-order valence-electron chi connectivity index (χ4n) is 1.20. The monoisotopic (exact) mass is 183 g/mol. The largest absolute Gasteiger partial charge is 0.385 e. The Balaban J connectivity index is 2.31. The summed E-state index contributed by atoms with van der Waals surface area (Å²) >= 11 is 0. The average Bonchev–Trinajstić information content (AvgIpc) is 2.54. The number of hydrogen-bond donors (Lipinski definition) is 2. The zero-order valence-corrected chi connectivity index (χ0v) is 8.26. The molecule has 2 N–H and O–H groups in total. The topological polar surface area (TPSA) is 49.9 Å². The van der Waals surface area contributed by atoms with Crippen molar-refractivity contribution in [3.05, 3.63) is 17.7 Å². The first kappa shape index (κ1) is 10.2. The first-order valence-electron chi connectivity index (χ1n) is 4.53. The number of H-pyrrole nitrogens is 1. The minimum absolute atomic E-state index is 0.794. The van der Waals surface area contributed by atoms with Gasteiger partial charge in [0, 0.05) is 38.6 Å². The summed E-state index contributed by atoms with van der Waals surface area (Å²) in [5.74, 6) is 1.04. The molecule has 0 radical (unpaired) electrons. The third-order valence-corrected chi connectivity index (χ3v) is 1.81. The van der Waals surface area contributed by atoms with E-state index in [4.69, 9.17) is 4.74 Å². The lowest BCUT2D eigenvalue weighted by molar-refractivity contribution is 0.194. The summed E-state index contributed by atoms with van der Waals surface area (Å²) in [4.78, 5) is 7.50. The van der Waals surface area contributed by atoms with Crippen molar-refractivity contribution in [2.24, 2.45) is 0 Å². The molecule has 0 aliphatic rings. The predicted molar refractivity (Wildman–Crippen MR) is 51.5 cm³/mol. The lowest BCUT2D eigenvalue weighted by Gasteiger charge is -1.96. The minimum Gasteiger partial charge on any atom is -0.385 e. The number of nitrogens with zero attached hydrogens (tertiary/aromatic N) is 1. The van der Waals surface area contributed by atoms with Gasteiger partial charge in [0.2, 0.25) is 0 Å². The van der Waals surface area contributed by atoms with Gasteiger partial charge in [0.15, 0.2) is 0 Å². The molecule has 0 amide bonds. The SMILES string of the molecule is CNCc1cnc(CCCOC)[nH]1. The molecule has 1 aromatic rings. The van der Waals surface area contributed by atoms with Crippen LogP contribution >= 0.6 is 0 Å². The Morgan fingerprint density at radius 2 is 2.46 bits per heavy atom. The molecule has 74 valence electrons. The van der Waals surface area contributed by atoms with Crippen LogP contribution in [-0.2, 0) is 17.7 Å². The number of nitrogens with one attached hydrogen (secondary N) is 2. The molecule has 0 saturated heterocycles. The molecule has 0 aromatic carbocycles. The minimum atomic E-state index is 0.794. The van der Waals surface area contributed by atoms with E-state index in [9.17, 15) is 0 Å². The molecular formula is C9H17N3O. The Hall–Kier alpha value is -0.870. The molecular weight excluding hydrogens is 166 g/mol. The molecule has 13 heavy (non-hydrogen) atoms. The Morgan fingerprint density at radius 1 is 1.62 bits per heavy atom. The number of aryl methyl sites for hydroxylation is 1. The van der Waals surface area contributed by atoms with Gasteiger partial charge in [-0.15, -0.1) is 0 Å². The second-order valence-corrected chi connectivity index (χ2v) is 2.98. The van der Waals surface area contributed by atoms with Crippen LogP contribution in [0, 0.1) is 0 Å². The number of aromatic nitrogens is 2. The smallest absolute Gasteiger partial charge is 0.106 e. The van der Waals surface area contributed by atoms with Crippen LogP contribution in [0.1, 0.15) is 17.9 Å². The van der Waals surface area contributed by atoms with E-state index in [1.54, 1.807) is 7.11 Å². The van der Waals surface area contributed by atoms with Crippen LogP contribution in [-0.4, -0.2) is 30.7 Å². The number of hydrogen-bond acceptors (Lipinski definition) is 3. The first-order chi connectivity index (χ1) is 6.36. The maximum absolute atomic E-state index is 4.96. The summed E-state index contributed by atoms with van der Waals surface area (Å²) in [6.07, 6.45) is 3.85. The van der Waals surface area contributed by atoms with Gasteiger partial charge in [0.05, 0.1) is 0 Å².